The minimum absolute atomic E-state index is 0.699. The summed E-state index contributed by atoms with van der Waals surface area (Å²) in [5.41, 5.74) is 0.742. The van der Waals surface area contributed by atoms with Crippen LogP contribution in [0, 0.1) is 0 Å². The van der Waals surface area contributed by atoms with Crippen molar-refractivity contribution in [3.63, 3.8) is 0 Å². The molecule has 15 heavy (non-hydrogen) atoms. The highest BCUT2D eigenvalue weighted by Crippen LogP contribution is 2.26. The average molecular weight is 272 g/mol. The van der Waals surface area contributed by atoms with Crippen molar-refractivity contribution in [1.29, 1.82) is 0 Å². The van der Waals surface area contributed by atoms with Gasteiger partial charge in [0.2, 0.25) is 0 Å². The molecule has 0 radical (unpaired) electrons. The van der Waals surface area contributed by atoms with E-state index in [4.69, 9.17) is 9.84 Å². The number of methoxy groups -OCH3 is 1. The summed E-state index contributed by atoms with van der Waals surface area (Å²) in [6.45, 7) is 0. The van der Waals surface area contributed by atoms with E-state index in [1.807, 2.05) is 6.07 Å². The highest BCUT2D eigenvalue weighted by atomic mass is 79.9. The first-order valence-corrected chi connectivity index (χ1v) is 4.92. The lowest BCUT2D eigenvalue weighted by molar-refractivity contribution is -0.131. The van der Waals surface area contributed by atoms with Crippen LogP contribution in [0.5, 0.6) is 5.75 Å². The van der Waals surface area contributed by atoms with Gasteiger partial charge in [-0.05, 0) is 28.1 Å². The number of benzene rings is 1. The van der Waals surface area contributed by atoms with Crippen molar-refractivity contribution in [3.05, 3.63) is 34.9 Å². The van der Waals surface area contributed by atoms with E-state index in [2.05, 4.69) is 21.2 Å². The zero-order valence-corrected chi connectivity index (χ0v) is 9.61. The summed E-state index contributed by atoms with van der Waals surface area (Å²) in [4.78, 5) is 10.2. The molecule has 0 heterocycles. The van der Waals surface area contributed by atoms with Gasteiger partial charge in [-0.2, -0.15) is 0 Å². The van der Waals surface area contributed by atoms with Crippen molar-refractivity contribution in [2.45, 2.75) is 0 Å². The second-order valence-corrected chi connectivity index (χ2v) is 3.52. The first-order valence-electron chi connectivity index (χ1n) is 4.13. The summed E-state index contributed by atoms with van der Waals surface area (Å²) in [5, 5.41) is 11.2. The summed E-state index contributed by atoms with van der Waals surface area (Å²) < 4.78 is 5.87. The third-order valence-electron chi connectivity index (χ3n) is 1.64. The summed E-state index contributed by atoms with van der Waals surface area (Å²) in [6, 6.07) is 5.38. The SMILES string of the molecule is COc1ccc(Br)c(N/C=C/C(=O)O)c1. The highest BCUT2D eigenvalue weighted by molar-refractivity contribution is 9.10. The zero-order valence-electron chi connectivity index (χ0n) is 8.03. The molecule has 1 aromatic carbocycles. The number of aliphatic carboxylic acids is 1. The van der Waals surface area contributed by atoms with Crippen molar-refractivity contribution in [1.82, 2.24) is 0 Å². The second-order valence-electron chi connectivity index (χ2n) is 2.66. The van der Waals surface area contributed by atoms with Crippen LogP contribution in [0.15, 0.2) is 34.9 Å². The summed E-state index contributed by atoms with van der Waals surface area (Å²) in [6.07, 6.45) is 2.37. The Morgan fingerprint density at radius 3 is 2.93 bits per heavy atom. The third kappa shape index (κ3) is 3.63. The first-order chi connectivity index (χ1) is 7.13. The van der Waals surface area contributed by atoms with Gasteiger partial charge in [-0.3, -0.25) is 0 Å². The Morgan fingerprint density at radius 1 is 1.60 bits per heavy atom. The molecule has 0 saturated carbocycles. The molecule has 0 atom stereocenters. The molecule has 0 aliphatic rings. The summed E-state index contributed by atoms with van der Waals surface area (Å²) >= 11 is 3.33. The molecule has 0 aliphatic carbocycles. The van der Waals surface area contributed by atoms with Crippen LogP contribution in [0.2, 0.25) is 0 Å². The molecule has 0 unspecified atom stereocenters. The van der Waals surface area contributed by atoms with Gasteiger partial charge >= 0.3 is 5.97 Å². The lowest BCUT2D eigenvalue weighted by atomic mass is 10.3. The Labute approximate surface area is 95.7 Å². The maximum Gasteiger partial charge on any atom is 0.329 e. The van der Waals surface area contributed by atoms with Gasteiger partial charge in [0.15, 0.2) is 0 Å². The van der Waals surface area contributed by atoms with Crippen LogP contribution < -0.4 is 10.1 Å². The third-order valence-corrected chi connectivity index (χ3v) is 2.33. The number of carboxylic acid groups (broad SMARTS) is 1. The smallest absolute Gasteiger partial charge is 0.329 e. The fourth-order valence-corrected chi connectivity index (χ4v) is 1.31. The molecule has 5 heteroatoms. The van der Waals surface area contributed by atoms with Crippen LogP contribution in [0.1, 0.15) is 0 Å². The van der Waals surface area contributed by atoms with Gasteiger partial charge in [-0.1, -0.05) is 0 Å². The molecule has 0 spiro atoms. The Bertz CT molecular complexity index is 390. The Hall–Kier alpha value is -1.49. The van der Waals surface area contributed by atoms with E-state index in [0.29, 0.717) is 5.75 Å². The highest BCUT2D eigenvalue weighted by Gasteiger charge is 1.99. The fourth-order valence-electron chi connectivity index (χ4n) is 0.945. The van der Waals surface area contributed by atoms with E-state index in [9.17, 15) is 4.79 Å². The predicted octanol–water partition coefficient (Wildman–Crippen LogP) is 2.47. The predicted molar refractivity (Wildman–Crippen MR) is 61.1 cm³/mol. The van der Waals surface area contributed by atoms with E-state index in [-0.39, 0.29) is 0 Å². The largest absolute Gasteiger partial charge is 0.497 e. The number of anilines is 1. The molecular weight excluding hydrogens is 262 g/mol. The van der Waals surface area contributed by atoms with Crippen LogP contribution in [0.3, 0.4) is 0 Å². The van der Waals surface area contributed by atoms with Gasteiger partial charge < -0.3 is 15.2 Å². The number of ether oxygens (including phenoxy) is 1. The lowest BCUT2D eigenvalue weighted by Crippen LogP contribution is -1.93. The van der Waals surface area contributed by atoms with Gasteiger partial charge in [-0.15, -0.1) is 0 Å². The first kappa shape index (κ1) is 11.6. The average Bonchev–Trinajstić information content (AvgIpc) is 2.20. The van der Waals surface area contributed by atoms with Gasteiger partial charge in [0.1, 0.15) is 5.75 Å². The van der Waals surface area contributed by atoms with Crippen molar-refractivity contribution in [2.24, 2.45) is 0 Å². The number of hydrogen-bond acceptors (Lipinski definition) is 3. The van der Waals surface area contributed by atoms with Crippen LogP contribution in [0.25, 0.3) is 0 Å². The maximum absolute atomic E-state index is 10.2. The van der Waals surface area contributed by atoms with E-state index in [1.54, 1.807) is 19.2 Å². The minimum Gasteiger partial charge on any atom is -0.497 e. The van der Waals surface area contributed by atoms with Crippen LogP contribution in [0.4, 0.5) is 5.69 Å². The molecule has 0 amide bonds. The van der Waals surface area contributed by atoms with Crippen molar-refractivity contribution < 1.29 is 14.6 Å². The van der Waals surface area contributed by atoms with Crippen LogP contribution >= 0.6 is 15.9 Å². The number of carbonyl (C=O) groups is 1. The van der Waals surface area contributed by atoms with Crippen molar-refractivity contribution in [3.8, 4) is 5.75 Å². The van der Waals surface area contributed by atoms with Crippen LogP contribution in [-0.2, 0) is 4.79 Å². The standard InChI is InChI=1S/C10H10BrNO3/c1-15-7-2-3-8(11)9(6-7)12-5-4-10(13)14/h2-6,12H,1H3,(H,13,14)/b5-4+. The van der Waals surface area contributed by atoms with Crippen LogP contribution in [-0.4, -0.2) is 18.2 Å². The number of halogens is 1. The van der Waals surface area contributed by atoms with E-state index in [0.717, 1.165) is 16.2 Å². The Morgan fingerprint density at radius 2 is 2.33 bits per heavy atom. The Kier molecular flexibility index (Phi) is 4.17. The van der Waals surface area contributed by atoms with Gasteiger partial charge in [0, 0.05) is 22.8 Å². The number of nitrogens with one attached hydrogen (secondary N) is 1. The zero-order chi connectivity index (χ0) is 11.3. The molecule has 0 aliphatic heterocycles. The minimum atomic E-state index is -0.999. The molecule has 80 valence electrons. The molecule has 1 rings (SSSR count). The molecule has 1 aromatic rings. The quantitative estimate of drug-likeness (QED) is 0.827. The molecule has 0 bridgehead atoms. The molecule has 4 nitrogen and oxygen atoms in total. The lowest BCUT2D eigenvalue weighted by Gasteiger charge is -2.06. The van der Waals surface area contributed by atoms with Crippen molar-refractivity contribution >= 4 is 27.6 Å². The van der Waals surface area contributed by atoms with E-state index in [1.165, 1.54) is 6.20 Å². The number of rotatable bonds is 4. The fraction of sp³-hybridized carbons (Fsp3) is 0.100. The van der Waals surface area contributed by atoms with E-state index >= 15 is 0 Å². The van der Waals surface area contributed by atoms with E-state index < -0.39 is 5.97 Å². The van der Waals surface area contributed by atoms with Gasteiger partial charge in [0.25, 0.3) is 0 Å². The van der Waals surface area contributed by atoms with Gasteiger partial charge in [-0.25, -0.2) is 4.79 Å². The molecule has 2 N–H and O–H groups in total. The second kappa shape index (κ2) is 5.41. The Balaban J connectivity index is 2.79. The van der Waals surface area contributed by atoms with Gasteiger partial charge in [0.05, 0.1) is 12.8 Å². The number of carboxylic acids is 1. The normalized spacial score (nSPS) is 10.3. The molecule has 0 fully saturated rings. The molecule has 0 aromatic heterocycles. The monoisotopic (exact) mass is 271 g/mol. The topological polar surface area (TPSA) is 58.6 Å². The summed E-state index contributed by atoms with van der Waals surface area (Å²) in [5.74, 6) is -0.300. The van der Waals surface area contributed by atoms with Crippen molar-refractivity contribution in [2.75, 3.05) is 12.4 Å². The number of hydrogen-bond donors (Lipinski definition) is 2. The maximum atomic E-state index is 10.2. The molecular formula is C10H10BrNO3. The summed E-state index contributed by atoms with van der Waals surface area (Å²) in [7, 11) is 1.57. The molecule has 0 saturated heterocycles.